The Hall–Kier alpha value is -0.770. The molecule has 1 aliphatic carbocycles. The van der Waals surface area contributed by atoms with Crippen LogP contribution in [-0.2, 0) is 0 Å². The van der Waals surface area contributed by atoms with Crippen molar-refractivity contribution in [3.63, 3.8) is 0 Å². The Morgan fingerprint density at radius 3 is 2.65 bits per heavy atom. The van der Waals surface area contributed by atoms with Gasteiger partial charge in [0.15, 0.2) is 5.96 Å². The quantitative estimate of drug-likeness (QED) is 0.364. The van der Waals surface area contributed by atoms with Crippen molar-refractivity contribution in [1.29, 1.82) is 0 Å². The number of nitrogens with one attached hydrogen (secondary N) is 2. The van der Waals surface area contributed by atoms with Gasteiger partial charge in [0, 0.05) is 25.6 Å². The zero-order valence-corrected chi connectivity index (χ0v) is 13.5. The number of unbranched alkanes of at least 4 members (excludes halogenated alkanes) is 1. The first kappa shape index (κ1) is 17.3. The first-order valence-electron chi connectivity index (χ1n) is 8.33. The minimum absolute atomic E-state index is 0.146. The molecule has 1 aliphatic rings. The lowest BCUT2D eigenvalue weighted by molar-refractivity contribution is 0.136. The van der Waals surface area contributed by atoms with Crippen LogP contribution in [0.15, 0.2) is 4.99 Å². The minimum atomic E-state index is -0.146. The molecule has 4 nitrogen and oxygen atoms in total. The van der Waals surface area contributed by atoms with Gasteiger partial charge in [0.2, 0.25) is 0 Å². The van der Waals surface area contributed by atoms with Crippen molar-refractivity contribution in [3.8, 4) is 0 Å². The number of hydrogen-bond acceptors (Lipinski definition) is 2. The molecule has 0 amide bonds. The molecule has 0 spiro atoms. The first-order chi connectivity index (χ1) is 9.63. The Morgan fingerprint density at radius 1 is 1.25 bits per heavy atom. The molecule has 4 heteroatoms. The van der Waals surface area contributed by atoms with Gasteiger partial charge in [0.1, 0.15) is 0 Å². The van der Waals surface area contributed by atoms with Gasteiger partial charge in [0.25, 0.3) is 0 Å². The monoisotopic (exact) mass is 283 g/mol. The van der Waals surface area contributed by atoms with Crippen LogP contribution >= 0.6 is 0 Å². The first-order valence-corrected chi connectivity index (χ1v) is 8.33. The molecule has 1 saturated carbocycles. The molecule has 0 aromatic rings. The van der Waals surface area contributed by atoms with Crippen LogP contribution in [0, 0.1) is 11.8 Å². The van der Waals surface area contributed by atoms with Crippen molar-refractivity contribution < 1.29 is 5.11 Å². The van der Waals surface area contributed by atoms with Crippen LogP contribution in [-0.4, -0.2) is 36.8 Å². The average molecular weight is 283 g/mol. The van der Waals surface area contributed by atoms with Crippen molar-refractivity contribution in [2.24, 2.45) is 16.8 Å². The Labute approximate surface area is 124 Å². The fourth-order valence-corrected chi connectivity index (χ4v) is 2.66. The van der Waals surface area contributed by atoms with Gasteiger partial charge in [-0.05, 0) is 32.1 Å². The molecule has 0 heterocycles. The highest BCUT2D eigenvalue weighted by atomic mass is 16.3. The zero-order chi connectivity index (χ0) is 14.8. The van der Waals surface area contributed by atoms with Gasteiger partial charge in [-0.3, -0.25) is 4.99 Å². The van der Waals surface area contributed by atoms with E-state index in [0.717, 1.165) is 50.8 Å². The maximum atomic E-state index is 9.82. The molecule has 0 aromatic heterocycles. The van der Waals surface area contributed by atoms with E-state index in [9.17, 15) is 5.11 Å². The largest absolute Gasteiger partial charge is 0.393 e. The summed E-state index contributed by atoms with van der Waals surface area (Å²) < 4.78 is 0. The third-order valence-corrected chi connectivity index (χ3v) is 3.95. The van der Waals surface area contributed by atoms with Crippen LogP contribution in [0.4, 0.5) is 0 Å². The van der Waals surface area contributed by atoms with E-state index in [-0.39, 0.29) is 6.10 Å². The fourth-order valence-electron chi connectivity index (χ4n) is 2.66. The van der Waals surface area contributed by atoms with Gasteiger partial charge in [-0.1, -0.05) is 33.1 Å². The lowest BCUT2D eigenvalue weighted by atomic mass is 10.1. The third kappa shape index (κ3) is 7.13. The zero-order valence-electron chi connectivity index (χ0n) is 13.5. The summed E-state index contributed by atoms with van der Waals surface area (Å²) in [6.07, 6.45) is 6.80. The van der Waals surface area contributed by atoms with Crippen molar-refractivity contribution in [2.45, 2.75) is 65.4 Å². The summed E-state index contributed by atoms with van der Waals surface area (Å²) in [5.41, 5.74) is 0. The molecule has 2 unspecified atom stereocenters. The Bertz CT molecular complexity index is 279. The van der Waals surface area contributed by atoms with E-state index in [4.69, 9.17) is 0 Å². The standard InChI is InChI=1S/C16H33N3O/c1-4-17-16(18-11-6-5-8-13(2)3)19-12-14-9-7-10-15(14)20/h13-15,20H,4-12H2,1-3H3,(H2,17,18,19). The number of guanidine groups is 1. The number of rotatable bonds is 8. The molecule has 0 bridgehead atoms. The van der Waals surface area contributed by atoms with Gasteiger partial charge >= 0.3 is 0 Å². The van der Waals surface area contributed by atoms with Crippen molar-refractivity contribution in [3.05, 3.63) is 0 Å². The number of aliphatic hydroxyl groups is 1. The van der Waals surface area contributed by atoms with Crippen molar-refractivity contribution in [1.82, 2.24) is 10.6 Å². The van der Waals surface area contributed by atoms with Crippen LogP contribution in [0.1, 0.15) is 59.3 Å². The molecular formula is C16H33N3O. The van der Waals surface area contributed by atoms with E-state index in [2.05, 4.69) is 36.4 Å². The predicted octanol–water partition coefficient (Wildman–Crippen LogP) is 2.53. The minimum Gasteiger partial charge on any atom is -0.393 e. The molecule has 1 fully saturated rings. The second-order valence-electron chi connectivity index (χ2n) is 6.29. The number of aliphatic hydroxyl groups excluding tert-OH is 1. The molecule has 0 saturated heterocycles. The summed E-state index contributed by atoms with van der Waals surface area (Å²) in [5.74, 6) is 2.04. The molecule has 0 radical (unpaired) electrons. The Balaban J connectivity index is 2.24. The van der Waals surface area contributed by atoms with Gasteiger partial charge in [-0.2, -0.15) is 0 Å². The summed E-state index contributed by atoms with van der Waals surface area (Å²) in [7, 11) is 0. The summed E-state index contributed by atoms with van der Waals surface area (Å²) in [6, 6.07) is 0. The second kappa shape index (κ2) is 10.0. The molecule has 3 N–H and O–H groups in total. The second-order valence-corrected chi connectivity index (χ2v) is 6.29. The average Bonchev–Trinajstić information content (AvgIpc) is 2.80. The lowest BCUT2D eigenvalue weighted by Gasteiger charge is -2.15. The molecule has 1 rings (SSSR count). The molecule has 118 valence electrons. The molecule has 20 heavy (non-hydrogen) atoms. The highest BCUT2D eigenvalue weighted by Crippen LogP contribution is 2.25. The summed E-state index contributed by atoms with van der Waals surface area (Å²) in [4.78, 5) is 4.61. The highest BCUT2D eigenvalue weighted by molar-refractivity contribution is 5.79. The number of nitrogens with zero attached hydrogens (tertiary/aromatic N) is 1. The Kier molecular flexibility index (Phi) is 8.67. The van der Waals surface area contributed by atoms with E-state index in [1.165, 1.54) is 19.3 Å². The van der Waals surface area contributed by atoms with Crippen molar-refractivity contribution >= 4 is 5.96 Å². The van der Waals surface area contributed by atoms with E-state index >= 15 is 0 Å². The van der Waals surface area contributed by atoms with E-state index < -0.39 is 0 Å². The number of aliphatic imine (C=N–C) groups is 1. The Morgan fingerprint density at radius 2 is 2.05 bits per heavy atom. The molecule has 0 aliphatic heterocycles. The van der Waals surface area contributed by atoms with Crippen LogP contribution in [0.5, 0.6) is 0 Å². The van der Waals surface area contributed by atoms with E-state index in [1.54, 1.807) is 0 Å². The van der Waals surface area contributed by atoms with Gasteiger partial charge < -0.3 is 15.7 Å². The normalized spacial score (nSPS) is 23.4. The maximum absolute atomic E-state index is 9.82. The lowest BCUT2D eigenvalue weighted by Crippen LogP contribution is -2.38. The summed E-state index contributed by atoms with van der Waals surface area (Å²) >= 11 is 0. The highest BCUT2D eigenvalue weighted by Gasteiger charge is 2.24. The van der Waals surface area contributed by atoms with Gasteiger partial charge in [-0.25, -0.2) is 0 Å². The fraction of sp³-hybridized carbons (Fsp3) is 0.938. The molecule has 0 aromatic carbocycles. The van der Waals surface area contributed by atoms with Crippen LogP contribution in [0.2, 0.25) is 0 Å². The topological polar surface area (TPSA) is 56.7 Å². The predicted molar refractivity (Wildman–Crippen MR) is 86.0 cm³/mol. The molecular weight excluding hydrogens is 250 g/mol. The summed E-state index contributed by atoms with van der Waals surface area (Å²) in [5, 5.41) is 16.5. The maximum Gasteiger partial charge on any atom is 0.191 e. The van der Waals surface area contributed by atoms with E-state index in [0.29, 0.717) is 5.92 Å². The summed E-state index contributed by atoms with van der Waals surface area (Å²) in [6.45, 7) is 9.22. The van der Waals surface area contributed by atoms with Crippen molar-refractivity contribution in [2.75, 3.05) is 19.6 Å². The van der Waals surface area contributed by atoms with E-state index in [1.807, 2.05) is 0 Å². The molecule has 2 atom stereocenters. The SMILES string of the molecule is CCNC(=NCC1CCCC1O)NCCCCC(C)C. The third-order valence-electron chi connectivity index (χ3n) is 3.95. The van der Waals surface area contributed by atoms with Crippen LogP contribution in [0.3, 0.4) is 0 Å². The van der Waals surface area contributed by atoms with Gasteiger partial charge in [0.05, 0.1) is 6.10 Å². The van der Waals surface area contributed by atoms with Crippen LogP contribution < -0.4 is 10.6 Å². The van der Waals surface area contributed by atoms with Crippen LogP contribution in [0.25, 0.3) is 0 Å². The number of hydrogen-bond donors (Lipinski definition) is 3. The smallest absolute Gasteiger partial charge is 0.191 e. The van der Waals surface area contributed by atoms with Gasteiger partial charge in [-0.15, -0.1) is 0 Å².